The van der Waals surface area contributed by atoms with Crippen LogP contribution in [0, 0.1) is 5.92 Å². The van der Waals surface area contributed by atoms with Gasteiger partial charge in [0.1, 0.15) is 13.1 Å². The number of hydrogen-bond donors (Lipinski definition) is 3. The Balaban J connectivity index is 1.58. The summed E-state index contributed by atoms with van der Waals surface area (Å²) >= 11 is 5.19. The maximum Gasteiger partial charge on any atom is 0.229 e. The summed E-state index contributed by atoms with van der Waals surface area (Å²) in [7, 11) is 0. The molecule has 1 amide bonds. The second kappa shape index (κ2) is 8.54. The molecule has 5 nitrogen and oxygen atoms in total. The first-order chi connectivity index (χ1) is 9.75. The van der Waals surface area contributed by atoms with Crippen molar-refractivity contribution in [2.75, 3.05) is 39.4 Å². The highest BCUT2D eigenvalue weighted by Crippen LogP contribution is 2.23. The molecule has 1 saturated carbocycles. The average Bonchev–Trinajstić information content (AvgIpc) is 2.49. The molecule has 0 spiro atoms. The van der Waals surface area contributed by atoms with Crippen molar-refractivity contribution in [3.63, 3.8) is 0 Å². The second-order valence-electron chi connectivity index (χ2n) is 5.69. The van der Waals surface area contributed by atoms with E-state index in [1.807, 2.05) is 0 Å². The lowest BCUT2D eigenvalue weighted by atomic mass is 9.89. The number of amides is 1. The van der Waals surface area contributed by atoms with Gasteiger partial charge in [0.05, 0.1) is 26.3 Å². The van der Waals surface area contributed by atoms with E-state index in [1.54, 1.807) is 0 Å². The van der Waals surface area contributed by atoms with E-state index in [0.717, 1.165) is 52.2 Å². The zero-order chi connectivity index (χ0) is 14.2. The van der Waals surface area contributed by atoms with Crippen LogP contribution >= 0.6 is 12.2 Å². The number of ether oxygens (including phenoxy) is 1. The lowest BCUT2D eigenvalue weighted by Gasteiger charge is -2.24. The van der Waals surface area contributed by atoms with Crippen LogP contribution in [-0.2, 0) is 9.53 Å². The normalized spacial score (nSPS) is 21.4. The standard InChI is InChI=1S/C14H25N3O2S/c18-13(12-4-2-1-3-5-12)16-14(20)15-6-7-17-8-10-19-11-9-17/h12H,1-11H2,(H2,15,16,18,20)/p+1. The average molecular weight is 300 g/mol. The van der Waals surface area contributed by atoms with Gasteiger partial charge in [-0.05, 0) is 25.1 Å². The summed E-state index contributed by atoms with van der Waals surface area (Å²) < 4.78 is 5.32. The van der Waals surface area contributed by atoms with Gasteiger partial charge in [0.15, 0.2) is 5.11 Å². The summed E-state index contributed by atoms with van der Waals surface area (Å²) in [5.74, 6) is 0.259. The quantitative estimate of drug-likeness (QED) is 0.611. The summed E-state index contributed by atoms with van der Waals surface area (Å²) in [6.45, 7) is 5.63. The Morgan fingerprint density at radius 2 is 1.90 bits per heavy atom. The van der Waals surface area contributed by atoms with Gasteiger partial charge in [-0.15, -0.1) is 0 Å². The van der Waals surface area contributed by atoms with E-state index in [1.165, 1.54) is 24.2 Å². The predicted molar refractivity (Wildman–Crippen MR) is 81.7 cm³/mol. The first-order valence-electron chi connectivity index (χ1n) is 7.75. The highest BCUT2D eigenvalue weighted by Gasteiger charge is 2.21. The van der Waals surface area contributed by atoms with Crippen molar-refractivity contribution in [1.82, 2.24) is 10.6 Å². The Labute approximate surface area is 126 Å². The van der Waals surface area contributed by atoms with E-state index in [9.17, 15) is 4.79 Å². The minimum atomic E-state index is 0.0981. The molecule has 0 aromatic carbocycles. The maximum absolute atomic E-state index is 12.0. The summed E-state index contributed by atoms with van der Waals surface area (Å²) in [5, 5.41) is 6.45. The van der Waals surface area contributed by atoms with Crippen molar-refractivity contribution >= 4 is 23.2 Å². The fourth-order valence-electron chi connectivity index (χ4n) is 2.89. The highest BCUT2D eigenvalue weighted by molar-refractivity contribution is 7.80. The molecule has 114 valence electrons. The van der Waals surface area contributed by atoms with Gasteiger partial charge in [-0.2, -0.15) is 0 Å². The minimum Gasteiger partial charge on any atom is -0.370 e. The Morgan fingerprint density at radius 1 is 1.20 bits per heavy atom. The molecule has 0 aromatic heterocycles. The third kappa shape index (κ3) is 5.34. The molecular formula is C14H26N3O2S+. The first-order valence-corrected chi connectivity index (χ1v) is 8.16. The van der Waals surface area contributed by atoms with Crippen LogP contribution in [0.2, 0.25) is 0 Å². The van der Waals surface area contributed by atoms with Crippen LogP contribution in [0.15, 0.2) is 0 Å². The van der Waals surface area contributed by atoms with Crippen LogP contribution in [0.4, 0.5) is 0 Å². The van der Waals surface area contributed by atoms with Gasteiger partial charge >= 0.3 is 0 Å². The number of thiocarbonyl (C=S) groups is 1. The van der Waals surface area contributed by atoms with Gasteiger partial charge in [-0.1, -0.05) is 19.3 Å². The van der Waals surface area contributed by atoms with Crippen LogP contribution < -0.4 is 15.5 Å². The number of carbonyl (C=O) groups excluding carboxylic acids is 1. The third-order valence-corrected chi connectivity index (χ3v) is 4.42. The molecule has 1 aliphatic carbocycles. The molecule has 1 aliphatic heterocycles. The van der Waals surface area contributed by atoms with Crippen LogP contribution in [0.25, 0.3) is 0 Å². The van der Waals surface area contributed by atoms with Gasteiger partial charge < -0.3 is 20.3 Å². The smallest absolute Gasteiger partial charge is 0.229 e. The Bertz CT molecular complexity index is 326. The molecule has 3 N–H and O–H groups in total. The lowest BCUT2D eigenvalue weighted by molar-refractivity contribution is -0.906. The van der Waals surface area contributed by atoms with Gasteiger partial charge in [-0.3, -0.25) is 4.79 Å². The van der Waals surface area contributed by atoms with Crippen molar-refractivity contribution in [2.45, 2.75) is 32.1 Å². The molecule has 6 heteroatoms. The molecular weight excluding hydrogens is 274 g/mol. The van der Waals surface area contributed by atoms with E-state index in [4.69, 9.17) is 17.0 Å². The molecule has 2 aliphatic rings. The summed E-state index contributed by atoms with van der Waals surface area (Å²) in [6.07, 6.45) is 5.60. The zero-order valence-electron chi connectivity index (χ0n) is 12.1. The van der Waals surface area contributed by atoms with Crippen molar-refractivity contribution in [3.05, 3.63) is 0 Å². The van der Waals surface area contributed by atoms with E-state index in [-0.39, 0.29) is 11.8 Å². The van der Waals surface area contributed by atoms with Gasteiger partial charge in [0.2, 0.25) is 5.91 Å². The third-order valence-electron chi connectivity index (χ3n) is 4.18. The minimum absolute atomic E-state index is 0.0981. The van der Waals surface area contributed by atoms with Crippen molar-refractivity contribution in [2.24, 2.45) is 5.92 Å². The second-order valence-corrected chi connectivity index (χ2v) is 6.10. The fraction of sp³-hybridized carbons (Fsp3) is 0.857. The monoisotopic (exact) mass is 300 g/mol. The molecule has 0 aromatic rings. The predicted octanol–water partition coefficient (Wildman–Crippen LogP) is -0.527. The molecule has 1 heterocycles. The molecule has 0 atom stereocenters. The molecule has 1 saturated heterocycles. The van der Waals surface area contributed by atoms with E-state index < -0.39 is 0 Å². The maximum atomic E-state index is 12.0. The van der Waals surface area contributed by atoms with Gasteiger partial charge in [0, 0.05) is 5.92 Å². The molecule has 0 unspecified atom stereocenters. The number of quaternary nitrogens is 1. The number of carbonyl (C=O) groups is 1. The van der Waals surface area contributed by atoms with E-state index in [2.05, 4.69) is 10.6 Å². The summed E-state index contributed by atoms with van der Waals surface area (Å²) in [6, 6.07) is 0. The number of morpholine rings is 1. The zero-order valence-corrected chi connectivity index (χ0v) is 12.9. The lowest BCUT2D eigenvalue weighted by Crippen LogP contribution is -3.14. The molecule has 0 radical (unpaired) electrons. The Kier molecular flexibility index (Phi) is 6.69. The van der Waals surface area contributed by atoms with Gasteiger partial charge in [-0.25, -0.2) is 0 Å². The molecule has 20 heavy (non-hydrogen) atoms. The SMILES string of the molecule is O=C(NC(=S)NCC[NH+]1CCOCC1)C1CCCCC1. The van der Waals surface area contributed by atoms with Crippen molar-refractivity contribution < 1.29 is 14.4 Å². The Hall–Kier alpha value is -0.720. The summed E-state index contributed by atoms with van der Waals surface area (Å²) in [5.41, 5.74) is 0. The number of hydrogen-bond acceptors (Lipinski definition) is 3. The largest absolute Gasteiger partial charge is 0.370 e. The topological polar surface area (TPSA) is 54.8 Å². The van der Waals surface area contributed by atoms with Crippen molar-refractivity contribution in [1.29, 1.82) is 0 Å². The molecule has 2 rings (SSSR count). The summed E-state index contributed by atoms with van der Waals surface area (Å²) in [4.78, 5) is 13.5. The van der Waals surface area contributed by atoms with Crippen LogP contribution in [0.1, 0.15) is 32.1 Å². The van der Waals surface area contributed by atoms with E-state index >= 15 is 0 Å². The van der Waals surface area contributed by atoms with Crippen LogP contribution in [0.3, 0.4) is 0 Å². The Morgan fingerprint density at radius 3 is 2.60 bits per heavy atom. The van der Waals surface area contributed by atoms with Gasteiger partial charge in [0.25, 0.3) is 0 Å². The fourth-order valence-corrected chi connectivity index (χ4v) is 3.09. The van der Waals surface area contributed by atoms with Crippen LogP contribution in [0.5, 0.6) is 0 Å². The van der Waals surface area contributed by atoms with E-state index in [0.29, 0.717) is 5.11 Å². The molecule has 0 bridgehead atoms. The van der Waals surface area contributed by atoms with Crippen LogP contribution in [-0.4, -0.2) is 50.4 Å². The van der Waals surface area contributed by atoms with Crippen molar-refractivity contribution in [3.8, 4) is 0 Å². The number of nitrogens with one attached hydrogen (secondary N) is 3. The highest BCUT2D eigenvalue weighted by atomic mass is 32.1. The first kappa shape index (κ1) is 15.7. The number of rotatable bonds is 4. The molecule has 2 fully saturated rings.